The fourth-order valence-electron chi connectivity index (χ4n) is 4.83. The molecule has 0 saturated carbocycles. The summed E-state index contributed by atoms with van der Waals surface area (Å²) < 4.78 is 50.7. The number of hydrogen-bond donors (Lipinski definition) is 0. The predicted molar refractivity (Wildman–Crippen MR) is 157 cm³/mol. The van der Waals surface area contributed by atoms with Crippen LogP contribution in [0.1, 0.15) is 92.9 Å². The van der Waals surface area contributed by atoms with Crippen LogP contribution in [0.2, 0.25) is 0 Å². The molecule has 0 spiro atoms. The molecule has 2 rings (SSSR count). The summed E-state index contributed by atoms with van der Waals surface area (Å²) in [6, 6.07) is 0. The molecule has 5 unspecified atom stereocenters. The number of hydrogen-bond acceptors (Lipinski definition) is 8. The second-order valence-electron chi connectivity index (χ2n) is 10.5. The predicted octanol–water partition coefficient (Wildman–Crippen LogP) is 6.05. The van der Waals surface area contributed by atoms with Crippen LogP contribution in [0.4, 0.5) is 0 Å². The molecule has 38 heavy (non-hydrogen) atoms. The van der Waals surface area contributed by atoms with Crippen LogP contribution >= 0.6 is 22.6 Å². The summed E-state index contributed by atoms with van der Waals surface area (Å²) in [5.74, 6) is 0. The number of halogens is 1. The van der Waals surface area contributed by atoms with Gasteiger partial charge in [-0.25, -0.2) is 0 Å². The maximum Gasteiger partial charge on any atom is 0.186 e. The average Bonchev–Trinajstić information content (AvgIpc) is 2.90. The van der Waals surface area contributed by atoms with E-state index in [2.05, 4.69) is 50.3 Å². The Morgan fingerprint density at radius 1 is 0.553 bits per heavy atom. The first kappa shape index (κ1) is 34.6. The van der Waals surface area contributed by atoms with Crippen molar-refractivity contribution >= 4 is 22.6 Å². The molecule has 2 saturated heterocycles. The molecule has 0 aromatic rings. The second kappa shape index (κ2) is 19.5. The minimum absolute atomic E-state index is 0.0834. The Labute approximate surface area is 245 Å². The summed E-state index contributed by atoms with van der Waals surface area (Å²) in [4.78, 5) is 0. The van der Waals surface area contributed by atoms with Gasteiger partial charge in [-0.15, -0.1) is 0 Å². The zero-order chi connectivity index (χ0) is 27.9. The van der Waals surface area contributed by atoms with Crippen molar-refractivity contribution in [3.8, 4) is 0 Å². The first-order chi connectivity index (χ1) is 18.4. The van der Waals surface area contributed by atoms with Crippen LogP contribution < -0.4 is 0 Å². The largest absolute Gasteiger partial charge is 0.374 e. The van der Waals surface area contributed by atoms with Gasteiger partial charge >= 0.3 is 0 Å². The monoisotopic (exact) mass is 658 g/mol. The van der Waals surface area contributed by atoms with Gasteiger partial charge in [-0.1, -0.05) is 76.0 Å². The van der Waals surface area contributed by atoms with Gasteiger partial charge in [0.05, 0.1) is 16.1 Å². The lowest BCUT2D eigenvalue weighted by molar-refractivity contribution is -0.348. The van der Waals surface area contributed by atoms with Gasteiger partial charge in [0, 0.05) is 33.5 Å². The van der Waals surface area contributed by atoms with Gasteiger partial charge in [-0.3, -0.25) is 0 Å². The van der Waals surface area contributed by atoms with Crippen LogP contribution in [-0.4, -0.2) is 92.8 Å². The van der Waals surface area contributed by atoms with Crippen molar-refractivity contribution in [1.82, 2.24) is 0 Å². The number of alkyl halides is 1. The Morgan fingerprint density at radius 3 is 1.39 bits per heavy atom. The van der Waals surface area contributed by atoms with Gasteiger partial charge in [0.15, 0.2) is 12.6 Å². The molecular weight excluding hydrogens is 603 g/mol. The molecule has 2 aliphatic heterocycles. The third-order valence-electron chi connectivity index (χ3n) is 7.19. The smallest absolute Gasteiger partial charge is 0.186 e. The van der Waals surface area contributed by atoms with Gasteiger partial charge in [-0.2, -0.15) is 0 Å². The summed E-state index contributed by atoms with van der Waals surface area (Å²) in [7, 11) is 1.65. The molecule has 9 heteroatoms. The van der Waals surface area contributed by atoms with Crippen molar-refractivity contribution in [1.29, 1.82) is 0 Å². The van der Waals surface area contributed by atoms with Gasteiger partial charge in [-0.05, 0) is 39.5 Å². The molecule has 0 aliphatic carbocycles. The van der Waals surface area contributed by atoms with E-state index >= 15 is 0 Å². The van der Waals surface area contributed by atoms with E-state index in [-0.39, 0.29) is 40.5 Å². The van der Waals surface area contributed by atoms with Crippen molar-refractivity contribution in [3.63, 3.8) is 0 Å². The summed E-state index contributed by atoms with van der Waals surface area (Å²) in [6.07, 6.45) is 5.35. The Balaban J connectivity index is 2.25. The molecule has 0 bridgehead atoms. The van der Waals surface area contributed by atoms with Crippen LogP contribution in [0.15, 0.2) is 0 Å². The highest BCUT2D eigenvalue weighted by molar-refractivity contribution is 14.1. The first-order valence-corrected chi connectivity index (χ1v) is 16.3. The van der Waals surface area contributed by atoms with Crippen LogP contribution in [-0.2, 0) is 37.9 Å². The van der Waals surface area contributed by atoms with E-state index in [1.54, 1.807) is 7.11 Å². The lowest BCUT2D eigenvalue weighted by Crippen LogP contribution is -2.63. The molecular formula is C29H55IO8. The third-order valence-corrected chi connectivity index (χ3v) is 8.49. The molecule has 226 valence electrons. The highest BCUT2D eigenvalue weighted by Gasteiger charge is 2.51. The van der Waals surface area contributed by atoms with Gasteiger partial charge in [0.2, 0.25) is 0 Å². The summed E-state index contributed by atoms with van der Waals surface area (Å²) in [6.45, 7) is 15.4. The Hall–Kier alpha value is 0.410. The minimum atomic E-state index is -0.594. The Morgan fingerprint density at radius 2 is 0.947 bits per heavy atom. The normalized spacial score (nSPS) is 36.0. The molecule has 2 heterocycles. The van der Waals surface area contributed by atoms with Crippen molar-refractivity contribution in [2.75, 3.05) is 33.5 Å². The highest BCUT2D eigenvalue weighted by Crippen LogP contribution is 2.36. The zero-order valence-corrected chi connectivity index (χ0v) is 27.1. The van der Waals surface area contributed by atoms with Crippen molar-refractivity contribution < 1.29 is 37.9 Å². The number of unbranched alkanes of at least 4 members (excludes halogenated alkanes) is 4. The van der Waals surface area contributed by atoms with E-state index in [0.29, 0.717) is 26.4 Å². The summed E-state index contributed by atoms with van der Waals surface area (Å²) >= 11 is 2.40. The molecule has 0 radical (unpaired) electrons. The molecule has 0 aromatic heterocycles. The van der Waals surface area contributed by atoms with E-state index in [0.717, 1.165) is 51.4 Å². The summed E-state index contributed by atoms with van der Waals surface area (Å²) in [5.41, 5.74) is 0. The Bertz CT molecular complexity index is 599. The molecule has 0 N–H and O–H groups in total. The van der Waals surface area contributed by atoms with Crippen LogP contribution in [0.5, 0.6) is 0 Å². The lowest BCUT2D eigenvalue weighted by atomic mass is 9.98. The number of rotatable bonds is 19. The van der Waals surface area contributed by atoms with Crippen LogP contribution in [0.3, 0.4) is 0 Å². The van der Waals surface area contributed by atoms with Gasteiger partial charge < -0.3 is 37.9 Å². The standard InChI is InChI=1S/C29H55IO8/c1-8-12-16-32-23-20(5)36-28(22(30)25(23)34-18-14-10-3)38-27-26(35-19-15-11-4)24(33-17-13-9-2)21(6)37-29(27)31-7/h20-29H,8-19H2,1-7H3/t20?,21?,22-,23-,24-,25?,26?,27?,28-,29+/m0/s1. The minimum Gasteiger partial charge on any atom is -0.374 e. The SMILES string of the molecule is CCCCOC1C(O[C@@H]2OC(C)[C@H](OCCCC)C(OCCCC)[C@@H]2I)[C@H](OC)OC(C)[C@@H]1OCCCC. The van der Waals surface area contributed by atoms with Crippen molar-refractivity contribution in [2.24, 2.45) is 0 Å². The van der Waals surface area contributed by atoms with Crippen molar-refractivity contribution in [3.05, 3.63) is 0 Å². The number of ether oxygens (including phenoxy) is 8. The van der Waals surface area contributed by atoms with E-state index in [9.17, 15) is 0 Å². The third kappa shape index (κ3) is 10.4. The van der Waals surface area contributed by atoms with E-state index in [1.165, 1.54) is 0 Å². The average molecular weight is 659 g/mol. The van der Waals surface area contributed by atoms with E-state index in [1.807, 2.05) is 13.8 Å². The van der Waals surface area contributed by atoms with Gasteiger partial charge in [0.1, 0.15) is 30.5 Å². The summed E-state index contributed by atoms with van der Waals surface area (Å²) in [5, 5.41) is 0. The molecule has 2 aliphatic rings. The molecule has 0 aromatic carbocycles. The van der Waals surface area contributed by atoms with E-state index in [4.69, 9.17) is 37.9 Å². The number of methoxy groups -OCH3 is 1. The fraction of sp³-hybridized carbons (Fsp3) is 1.00. The first-order valence-electron chi connectivity index (χ1n) is 15.0. The van der Waals surface area contributed by atoms with Gasteiger partial charge in [0.25, 0.3) is 0 Å². The van der Waals surface area contributed by atoms with Crippen LogP contribution in [0, 0.1) is 0 Å². The highest BCUT2D eigenvalue weighted by atomic mass is 127. The lowest BCUT2D eigenvalue weighted by Gasteiger charge is -2.48. The van der Waals surface area contributed by atoms with Crippen LogP contribution in [0.25, 0.3) is 0 Å². The van der Waals surface area contributed by atoms with E-state index < -0.39 is 18.7 Å². The maximum atomic E-state index is 6.74. The Kier molecular flexibility index (Phi) is 17.8. The maximum absolute atomic E-state index is 6.74. The molecule has 10 atom stereocenters. The molecule has 0 amide bonds. The molecule has 2 fully saturated rings. The quantitative estimate of drug-likeness (QED) is 0.0944. The van der Waals surface area contributed by atoms with Crippen molar-refractivity contribution in [2.45, 2.75) is 152 Å². The second-order valence-corrected chi connectivity index (χ2v) is 11.9. The molecule has 8 nitrogen and oxygen atoms in total. The zero-order valence-electron chi connectivity index (χ0n) is 24.9. The fourth-order valence-corrected chi connectivity index (χ4v) is 5.78. The topological polar surface area (TPSA) is 73.8 Å².